The fourth-order valence-corrected chi connectivity index (χ4v) is 5.50. The number of halogens is 1. The molecule has 190 valence electrons. The molecule has 1 aliphatic heterocycles. The number of nitrogens with zero attached hydrogens (tertiary/aromatic N) is 1. The van der Waals surface area contributed by atoms with Gasteiger partial charge in [0.1, 0.15) is 0 Å². The lowest BCUT2D eigenvalue weighted by atomic mass is 10.0. The summed E-state index contributed by atoms with van der Waals surface area (Å²) >= 11 is 7.78. The maximum atomic E-state index is 13.3. The summed E-state index contributed by atoms with van der Waals surface area (Å²) in [6, 6.07) is 30.4. The van der Waals surface area contributed by atoms with Gasteiger partial charge in [0.15, 0.2) is 6.61 Å². The van der Waals surface area contributed by atoms with Crippen molar-refractivity contribution < 1.29 is 19.1 Å². The molecule has 6 nitrogen and oxygen atoms in total. The summed E-state index contributed by atoms with van der Waals surface area (Å²) in [6.07, 6.45) is -0.156. The molecule has 0 saturated heterocycles. The molecule has 4 aromatic carbocycles. The number of esters is 1. The van der Waals surface area contributed by atoms with Crippen LogP contribution in [-0.4, -0.2) is 24.4 Å². The summed E-state index contributed by atoms with van der Waals surface area (Å²) in [5.41, 5.74) is 2.52. The van der Waals surface area contributed by atoms with Crippen LogP contribution >= 0.6 is 23.4 Å². The van der Waals surface area contributed by atoms with Crippen LogP contribution in [0.4, 0.5) is 11.4 Å². The maximum absolute atomic E-state index is 13.3. The van der Waals surface area contributed by atoms with E-state index in [1.54, 1.807) is 40.9 Å². The Hall–Kier alpha value is -4.07. The Morgan fingerprint density at radius 2 is 1.37 bits per heavy atom. The topological polar surface area (TPSA) is 75.7 Å². The number of carbonyl (C=O) groups excluding carboxylic acids is 3. The molecular formula is C30H23ClN2O4S. The first-order valence-corrected chi connectivity index (χ1v) is 13.2. The minimum atomic E-state index is -0.671. The summed E-state index contributed by atoms with van der Waals surface area (Å²) < 4.78 is 5.44. The smallest absolute Gasteiger partial charge is 0.308 e. The average Bonchev–Trinajstić information content (AvgIpc) is 2.95. The number of para-hydroxylation sites is 2. The third-order valence-corrected chi connectivity index (χ3v) is 7.49. The van der Waals surface area contributed by atoms with E-state index in [9.17, 15) is 14.4 Å². The first-order chi connectivity index (χ1) is 18.5. The predicted molar refractivity (Wildman–Crippen MR) is 148 cm³/mol. The second-order valence-electron chi connectivity index (χ2n) is 8.55. The van der Waals surface area contributed by atoms with Gasteiger partial charge in [-0.1, -0.05) is 90.1 Å². The van der Waals surface area contributed by atoms with Crippen molar-refractivity contribution in [2.75, 3.05) is 11.5 Å². The minimum absolute atomic E-state index is 0.156. The van der Waals surface area contributed by atoms with E-state index in [0.717, 1.165) is 26.7 Å². The molecular weight excluding hydrogens is 520 g/mol. The van der Waals surface area contributed by atoms with E-state index in [2.05, 4.69) is 5.32 Å². The molecule has 0 aliphatic carbocycles. The first kappa shape index (κ1) is 25.6. The van der Waals surface area contributed by atoms with Crippen LogP contribution in [0.3, 0.4) is 0 Å². The molecule has 5 rings (SSSR count). The van der Waals surface area contributed by atoms with E-state index in [1.165, 1.54) is 0 Å². The number of hydrogen-bond donors (Lipinski definition) is 1. The zero-order valence-corrected chi connectivity index (χ0v) is 21.7. The predicted octanol–water partition coefficient (Wildman–Crippen LogP) is 6.57. The van der Waals surface area contributed by atoms with E-state index in [1.807, 2.05) is 78.9 Å². The minimum Gasteiger partial charge on any atom is -0.455 e. The highest BCUT2D eigenvalue weighted by molar-refractivity contribution is 7.99. The third kappa shape index (κ3) is 5.59. The number of anilines is 2. The zero-order chi connectivity index (χ0) is 26.5. The number of ether oxygens (including phenoxy) is 1. The second-order valence-corrected chi connectivity index (χ2v) is 10.0. The number of hydrogen-bond acceptors (Lipinski definition) is 5. The van der Waals surface area contributed by atoms with Crippen molar-refractivity contribution >= 4 is 52.5 Å². The van der Waals surface area contributed by atoms with Crippen LogP contribution in [0, 0.1) is 0 Å². The molecule has 1 N–H and O–H groups in total. The largest absolute Gasteiger partial charge is 0.455 e. The van der Waals surface area contributed by atoms with E-state index >= 15 is 0 Å². The van der Waals surface area contributed by atoms with E-state index in [-0.39, 0.29) is 12.3 Å². The van der Waals surface area contributed by atoms with Crippen LogP contribution in [0.1, 0.15) is 28.4 Å². The van der Waals surface area contributed by atoms with Crippen LogP contribution in [0.15, 0.2) is 113 Å². The Labute approximate surface area is 229 Å². The van der Waals surface area contributed by atoms with Crippen molar-refractivity contribution in [3.63, 3.8) is 0 Å². The molecule has 0 radical (unpaired) electrons. The number of benzene rings is 4. The van der Waals surface area contributed by atoms with Gasteiger partial charge < -0.3 is 10.1 Å². The van der Waals surface area contributed by atoms with Gasteiger partial charge >= 0.3 is 5.97 Å². The number of carbonyl (C=O) groups is 3. The highest BCUT2D eigenvalue weighted by atomic mass is 35.5. The molecule has 2 amide bonds. The van der Waals surface area contributed by atoms with E-state index in [4.69, 9.17) is 16.3 Å². The van der Waals surface area contributed by atoms with Gasteiger partial charge in [-0.25, -0.2) is 0 Å². The fourth-order valence-electron chi connectivity index (χ4n) is 4.22. The fraction of sp³-hybridized carbons (Fsp3) is 0.100. The van der Waals surface area contributed by atoms with Crippen LogP contribution < -0.4 is 10.2 Å². The standard InChI is InChI=1S/C30H23ClN2O4S/c31-22-13-5-4-12-21(22)30(36)32-23(20-10-2-1-3-11-20)18-29(35)37-19-28(34)33-24-14-6-8-16-26(24)38-27-17-9-7-15-25(27)33/h1-17,23H,18-19H2,(H,32,36)/t23-/m1/s1. The van der Waals surface area contributed by atoms with Gasteiger partial charge in [-0.15, -0.1) is 0 Å². The molecule has 0 saturated carbocycles. The summed E-state index contributed by atoms with van der Waals surface area (Å²) in [5.74, 6) is -1.39. The molecule has 1 atom stereocenters. The Bertz CT molecular complexity index is 1450. The Balaban J connectivity index is 1.30. The molecule has 8 heteroatoms. The molecule has 0 bridgehead atoms. The summed E-state index contributed by atoms with van der Waals surface area (Å²) in [6.45, 7) is -0.438. The van der Waals surface area contributed by atoms with Crippen LogP contribution in [0.5, 0.6) is 0 Å². The zero-order valence-electron chi connectivity index (χ0n) is 20.2. The van der Waals surface area contributed by atoms with Crippen molar-refractivity contribution in [2.24, 2.45) is 0 Å². The van der Waals surface area contributed by atoms with Crippen molar-refractivity contribution in [1.29, 1.82) is 0 Å². The second kappa shape index (κ2) is 11.5. The first-order valence-electron chi connectivity index (χ1n) is 12.0. The quantitative estimate of drug-likeness (QED) is 0.267. The van der Waals surface area contributed by atoms with E-state index in [0.29, 0.717) is 10.6 Å². The van der Waals surface area contributed by atoms with Crippen molar-refractivity contribution in [1.82, 2.24) is 5.32 Å². The highest BCUT2D eigenvalue weighted by Gasteiger charge is 2.29. The van der Waals surface area contributed by atoms with Crippen LogP contribution in [0.2, 0.25) is 5.02 Å². The third-order valence-electron chi connectivity index (χ3n) is 6.03. The Morgan fingerprint density at radius 3 is 2.03 bits per heavy atom. The molecule has 1 aliphatic rings. The SMILES string of the molecule is O=C(C[C@@H](NC(=O)c1ccccc1Cl)c1ccccc1)OCC(=O)N1c2ccccc2Sc2ccccc21. The molecule has 38 heavy (non-hydrogen) atoms. The van der Waals surface area contributed by atoms with Crippen molar-refractivity contribution in [3.05, 3.63) is 119 Å². The van der Waals surface area contributed by atoms with Crippen molar-refractivity contribution in [3.8, 4) is 0 Å². The normalized spacial score (nSPS) is 12.6. The number of fused-ring (bicyclic) bond motifs is 2. The van der Waals surface area contributed by atoms with Crippen LogP contribution in [-0.2, 0) is 14.3 Å². The molecule has 0 spiro atoms. The summed E-state index contributed by atoms with van der Waals surface area (Å²) in [7, 11) is 0. The number of amides is 2. The van der Waals surface area contributed by atoms with Gasteiger partial charge in [-0.05, 0) is 42.0 Å². The van der Waals surface area contributed by atoms with Gasteiger partial charge in [0.2, 0.25) is 0 Å². The van der Waals surface area contributed by atoms with Gasteiger partial charge in [0.05, 0.1) is 34.4 Å². The van der Waals surface area contributed by atoms with Gasteiger partial charge in [0.25, 0.3) is 11.8 Å². The van der Waals surface area contributed by atoms with Gasteiger partial charge in [-0.3, -0.25) is 19.3 Å². The Kier molecular flexibility index (Phi) is 7.77. The van der Waals surface area contributed by atoms with Crippen molar-refractivity contribution in [2.45, 2.75) is 22.3 Å². The van der Waals surface area contributed by atoms with Gasteiger partial charge in [-0.2, -0.15) is 0 Å². The van der Waals surface area contributed by atoms with Gasteiger partial charge in [0, 0.05) is 9.79 Å². The van der Waals surface area contributed by atoms with Crippen LogP contribution in [0.25, 0.3) is 0 Å². The molecule has 1 heterocycles. The molecule has 4 aromatic rings. The lowest BCUT2D eigenvalue weighted by Crippen LogP contribution is -2.34. The lowest BCUT2D eigenvalue weighted by Gasteiger charge is -2.30. The molecule has 0 aromatic heterocycles. The monoisotopic (exact) mass is 542 g/mol. The lowest BCUT2D eigenvalue weighted by molar-refractivity contribution is -0.148. The maximum Gasteiger partial charge on any atom is 0.308 e. The number of rotatable bonds is 7. The van der Waals surface area contributed by atoms with E-state index < -0.39 is 24.5 Å². The summed E-state index contributed by atoms with van der Waals surface area (Å²) in [4.78, 5) is 42.7. The molecule has 0 fully saturated rings. The highest BCUT2D eigenvalue weighted by Crippen LogP contribution is 2.47. The average molecular weight is 543 g/mol. The Morgan fingerprint density at radius 1 is 0.789 bits per heavy atom. The summed E-state index contributed by atoms with van der Waals surface area (Å²) in [5, 5.41) is 3.19. The molecule has 0 unspecified atom stereocenters. The number of nitrogens with one attached hydrogen (secondary N) is 1.